The number of hydrazine groups is 1. The average molecular weight is 388 g/mol. The zero-order chi connectivity index (χ0) is 19.4. The zero-order valence-corrected chi connectivity index (χ0v) is 16.3. The summed E-state index contributed by atoms with van der Waals surface area (Å²) in [7, 11) is -1.74. The molecule has 2 N–H and O–H groups in total. The Bertz CT molecular complexity index is 905. The van der Waals surface area contributed by atoms with E-state index in [-0.39, 0.29) is 22.1 Å². The molecule has 0 saturated carbocycles. The van der Waals surface area contributed by atoms with Crippen LogP contribution in [0.4, 0.5) is 5.69 Å². The minimum Gasteiger partial charge on any atom is -0.304 e. The van der Waals surface area contributed by atoms with Crippen molar-refractivity contribution in [3.63, 3.8) is 0 Å². The lowest BCUT2D eigenvalue weighted by Crippen LogP contribution is -2.52. The molecule has 0 bridgehead atoms. The van der Waals surface area contributed by atoms with Crippen LogP contribution in [0.15, 0.2) is 53.4 Å². The van der Waals surface area contributed by atoms with Crippen molar-refractivity contribution >= 4 is 21.6 Å². The van der Waals surface area contributed by atoms with Crippen molar-refractivity contribution in [2.24, 2.45) is 0 Å². The van der Waals surface area contributed by atoms with Crippen molar-refractivity contribution in [3.05, 3.63) is 59.7 Å². The molecular weight excluding hydrogens is 364 g/mol. The Balaban J connectivity index is 1.77. The second-order valence-corrected chi connectivity index (χ2v) is 8.38. The first kappa shape index (κ1) is 19.3. The number of carbonyl (C=O) groups is 1. The van der Waals surface area contributed by atoms with Crippen molar-refractivity contribution in [1.29, 1.82) is 0 Å². The lowest BCUT2D eigenvalue weighted by atomic mass is 10.2. The summed E-state index contributed by atoms with van der Waals surface area (Å²) in [6, 6.07) is 13.2. The topological polar surface area (TPSA) is 81.7 Å². The van der Waals surface area contributed by atoms with Crippen LogP contribution in [0.25, 0.3) is 0 Å². The predicted octanol–water partition coefficient (Wildman–Crippen LogP) is 1.69. The predicted molar refractivity (Wildman–Crippen MR) is 105 cm³/mol. The minimum absolute atomic E-state index is 0.155. The molecule has 1 saturated heterocycles. The molecule has 0 spiro atoms. The molecule has 0 aliphatic carbocycles. The molecule has 27 heavy (non-hydrogen) atoms. The third kappa shape index (κ3) is 4.85. The SMILES string of the molecule is Cc1ccc(S(=O)(=O)Nc2ccccc2C(=O)NN2CCN(C)CC2)cc1. The quantitative estimate of drug-likeness (QED) is 0.815. The summed E-state index contributed by atoms with van der Waals surface area (Å²) >= 11 is 0. The van der Waals surface area contributed by atoms with Gasteiger partial charge in [0.15, 0.2) is 0 Å². The van der Waals surface area contributed by atoms with E-state index in [1.807, 2.05) is 19.0 Å². The normalized spacial score (nSPS) is 16.1. The molecule has 0 atom stereocenters. The molecule has 7 nitrogen and oxygen atoms in total. The number of benzene rings is 2. The number of rotatable bonds is 5. The van der Waals surface area contributed by atoms with Gasteiger partial charge < -0.3 is 4.90 Å². The highest BCUT2D eigenvalue weighted by Crippen LogP contribution is 2.20. The second kappa shape index (κ2) is 8.08. The summed E-state index contributed by atoms with van der Waals surface area (Å²) in [5.41, 5.74) is 4.37. The highest BCUT2D eigenvalue weighted by Gasteiger charge is 2.21. The molecular formula is C19H24N4O3S. The van der Waals surface area contributed by atoms with Gasteiger partial charge in [0, 0.05) is 26.2 Å². The van der Waals surface area contributed by atoms with Gasteiger partial charge in [0.1, 0.15) is 0 Å². The fraction of sp³-hybridized carbons (Fsp3) is 0.316. The van der Waals surface area contributed by atoms with E-state index in [0.29, 0.717) is 0 Å². The highest BCUT2D eigenvalue weighted by molar-refractivity contribution is 7.92. The first-order chi connectivity index (χ1) is 12.8. The van der Waals surface area contributed by atoms with Gasteiger partial charge in [0.05, 0.1) is 16.1 Å². The Morgan fingerprint density at radius 2 is 1.59 bits per heavy atom. The van der Waals surface area contributed by atoms with E-state index in [9.17, 15) is 13.2 Å². The number of nitrogens with one attached hydrogen (secondary N) is 2. The van der Waals surface area contributed by atoms with Crippen molar-refractivity contribution in [3.8, 4) is 0 Å². The summed E-state index contributed by atoms with van der Waals surface area (Å²) in [4.78, 5) is 15.0. The van der Waals surface area contributed by atoms with Crippen molar-refractivity contribution in [2.45, 2.75) is 11.8 Å². The van der Waals surface area contributed by atoms with Crippen LogP contribution in [-0.2, 0) is 10.0 Å². The molecule has 1 amide bonds. The number of nitrogens with zero attached hydrogens (tertiary/aromatic N) is 2. The van der Waals surface area contributed by atoms with Gasteiger partial charge in [0.2, 0.25) is 0 Å². The van der Waals surface area contributed by atoms with E-state index < -0.39 is 10.0 Å². The number of anilines is 1. The summed E-state index contributed by atoms with van der Waals surface area (Å²) in [6.07, 6.45) is 0. The second-order valence-electron chi connectivity index (χ2n) is 6.70. The molecule has 1 heterocycles. The molecule has 144 valence electrons. The largest absolute Gasteiger partial charge is 0.304 e. The zero-order valence-electron chi connectivity index (χ0n) is 15.5. The van der Waals surface area contributed by atoms with Gasteiger partial charge in [-0.25, -0.2) is 13.4 Å². The van der Waals surface area contributed by atoms with Crippen molar-refractivity contribution in [2.75, 3.05) is 37.9 Å². The van der Waals surface area contributed by atoms with E-state index >= 15 is 0 Å². The van der Waals surface area contributed by atoms with E-state index in [1.54, 1.807) is 48.5 Å². The first-order valence-electron chi connectivity index (χ1n) is 8.78. The fourth-order valence-corrected chi connectivity index (χ4v) is 3.89. The van der Waals surface area contributed by atoms with Crippen LogP contribution in [0.1, 0.15) is 15.9 Å². The van der Waals surface area contributed by atoms with Crippen LogP contribution in [0.2, 0.25) is 0 Å². The Morgan fingerprint density at radius 1 is 0.963 bits per heavy atom. The number of sulfonamides is 1. The lowest BCUT2D eigenvalue weighted by Gasteiger charge is -2.32. The van der Waals surface area contributed by atoms with Gasteiger partial charge in [-0.15, -0.1) is 0 Å². The monoisotopic (exact) mass is 388 g/mol. The van der Waals surface area contributed by atoms with Crippen LogP contribution in [0.3, 0.4) is 0 Å². The van der Waals surface area contributed by atoms with Gasteiger partial charge in [0.25, 0.3) is 15.9 Å². The molecule has 8 heteroatoms. The smallest absolute Gasteiger partial charge is 0.267 e. The van der Waals surface area contributed by atoms with Crippen LogP contribution in [-0.4, -0.2) is 57.5 Å². The molecule has 1 aliphatic heterocycles. The average Bonchev–Trinajstić information content (AvgIpc) is 2.64. The fourth-order valence-electron chi connectivity index (χ4n) is 2.81. The molecule has 2 aromatic rings. The summed E-state index contributed by atoms with van der Waals surface area (Å²) in [6.45, 7) is 5.06. The number of piperazine rings is 1. The van der Waals surface area contributed by atoms with Crippen LogP contribution >= 0.6 is 0 Å². The van der Waals surface area contributed by atoms with Crippen LogP contribution in [0, 0.1) is 6.92 Å². The minimum atomic E-state index is -3.78. The summed E-state index contributed by atoms with van der Waals surface area (Å²) in [5.74, 6) is -0.332. The van der Waals surface area contributed by atoms with Gasteiger partial charge >= 0.3 is 0 Å². The van der Waals surface area contributed by atoms with Gasteiger partial charge in [-0.2, -0.15) is 0 Å². The Hall–Kier alpha value is -2.42. The lowest BCUT2D eigenvalue weighted by molar-refractivity contribution is 0.0663. The number of aryl methyl sites for hydroxylation is 1. The standard InChI is InChI=1S/C19H24N4O3S/c1-15-7-9-16(10-8-15)27(25,26)21-18-6-4-3-5-17(18)19(24)20-23-13-11-22(2)12-14-23/h3-10,21H,11-14H2,1-2H3,(H,20,24). The number of amides is 1. The Kier molecular flexibility index (Phi) is 5.79. The molecule has 0 aromatic heterocycles. The van der Waals surface area contributed by atoms with E-state index in [1.165, 1.54) is 0 Å². The number of carbonyl (C=O) groups excluding carboxylic acids is 1. The molecule has 1 aliphatic rings. The summed E-state index contributed by atoms with van der Waals surface area (Å²) in [5, 5.41) is 1.85. The maximum Gasteiger partial charge on any atom is 0.267 e. The van der Waals surface area contributed by atoms with Gasteiger partial charge in [-0.1, -0.05) is 29.8 Å². The van der Waals surface area contributed by atoms with E-state index in [0.717, 1.165) is 31.7 Å². The Morgan fingerprint density at radius 3 is 2.26 bits per heavy atom. The maximum atomic E-state index is 12.7. The molecule has 2 aromatic carbocycles. The van der Waals surface area contributed by atoms with Crippen molar-refractivity contribution in [1.82, 2.24) is 15.3 Å². The summed E-state index contributed by atoms with van der Waals surface area (Å²) < 4.78 is 27.8. The number of hydrogen-bond acceptors (Lipinski definition) is 5. The van der Waals surface area contributed by atoms with Gasteiger partial charge in [-0.3, -0.25) is 14.9 Å². The van der Waals surface area contributed by atoms with Crippen molar-refractivity contribution < 1.29 is 13.2 Å². The molecule has 0 radical (unpaired) electrons. The van der Waals surface area contributed by atoms with Crippen LogP contribution < -0.4 is 10.1 Å². The maximum absolute atomic E-state index is 12.7. The molecule has 0 unspecified atom stereocenters. The Labute approximate surface area is 160 Å². The van der Waals surface area contributed by atoms with Crippen LogP contribution in [0.5, 0.6) is 0 Å². The first-order valence-corrected chi connectivity index (χ1v) is 10.3. The molecule has 1 fully saturated rings. The highest BCUT2D eigenvalue weighted by atomic mass is 32.2. The number of likely N-dealkylation sites (N-methyl/N-ethyl adjacent to an activating group) is 1. The number of para-hydroxylation sites is 1. The van der Waals surface area contributed by atoms with E-state index in [2.05, 4.69) is 15.0 Å². The third-order valence-corrected chi connectivity index (χ3v) is 5.89. The number of hydrogen-bond donors (Lipinski definition) is 2. The van der Waals surface area contributed by atoms with E-state index in [4.69, 9.17) is 0 Å². The molecule has 3 rings (SSSR count). The third-order valence-electron chi connectivity index (χ3n) is 4.51. The van der Waals surface area contributed by atoms with Gasteiger partial charge in [-0.05, 0) is 38.2 Å².